The summed E-state index contributed by atoms with van der Waals surface area (Å²) in [5, 5.41) is 8.70. The molecular formula is C26H28O2. The van der Waals surface area contributed by atoms with E-state index in [9.17, 15) is 4.79 Å². The van der Waals surface area contributed by atoms with Gasteiger partial charge in [-0.3, -0.25) is 0 Å². The molecule has 2 nitrogen and oxygen atoms in total. The standard InChI is InChI=1S/C26H28O2/c1-5-6-12-22-17-16-21(11-7-10-15-26(27)28)18-25(22)20(4)24-14-9-8-13-23(24)19(2)3/h7-11,13-18H,2,4-6,12H2,1,3H3,(H,27,28)/b11-7+,15-10+. The predicted molar refractivity (Wildman–Crippen MR) is 120 cm³/mol. The molecule has 144 valence electrons. The quantitative estimate of drug-likeness (QED) is 0.389. The lowest BCUT2D eigenvalue weighted by atomic mass is 9.88. The summed E-state index contributed by atoms with van der Waals surface area (Å²) in [4.78, 5) is 10.6. The highest BCUT2D eigenvalue weighted by Crippen LogP contribution is 2.31. The van der Waals surface area contributed by atoms with Crippen molar-refractivity contribution in [2.45, 2.75) is 33.1 Å². The van der Waals surface area contributed by atoms with Crippen molar-refractivity contribution in [2.75, 3.05) is 0 Å². The largest absolute Gasteiger partial charge is 0.478 e. The number of unbranched alkanes of at least 4 members (excludes halogenated alkanes) is 1. The van der Waals surface area contributed by atoms with Crippen LogP contribution in [0.15, 0.2) is 73.9 Å². The number of carboxylic acid groups (broad SMARTS) is 1. The number of carbonyl (C=O) groups is 1. The zero-order chi connectivity index (χ0) is 20.5. The summed E-state index contributed by atoms with van der Waals surface area (Å²) < 4.78 is 0. The van der Waals surface area contributed by atoms with Crippen LogP contribution in [-0.2, 0) is 11.2 Å². The van der Waals surface area contributed by atoms with Gasteiger partial charge >= 0.3 is 5.97 Å². The van der Waals surface area contributed by atoms with Crippen LogP contribution in [0.3, 0.4) is 0 Å². The van der Waals surface area contributed by atoms with Crippen LogP contribution in [-0.4, -0.2) is 11.1 Å². The lowest BCUT2D eigenvalue weighted by Crippen LogP contribution is -1.98. The molecule has 0 unspecified atom stereocenters. The van der Waals surface area contributed by atoms with E-state index in [-0.39, 0.29) is 0 Å². The van der Waals surface area contributed by atoms with Gasteiger partial charge in [-0.15, -0.1) is 0 Å². The van der Waals surface area contributed by atoms with E-state index in [0.29, 0.717) is 0 Å². The molecule has 0 bridgehead atoms. The lowest BCUT2D eigenvalue weighted by molar-refractivity contribution is -0.131. The number of hydrogen-bond acceptors (Lipinski definition) is 1. The zero-order valence-corrected chi connectivity index (χ0v) is 16.7. The molecule has 28 heavy (non-hydrogen) atoms. The van der Waals surface area contributed by atoms with Crippen molar-refractivity contribution in [3.8, 4) is 0 Å². The Morgan fingerprint density at radius 3 is 2.39 bits per heavy atom. The second-order valence-electron chi connectivity index (χ2n) is 6.88. The minimum Gasteiger partial charge on any atom is -0.478 e. The second kappa shape index (κ2) is 10.3. The van der Waals surface area contributed by atoms with E-state index < -0.39 is 5.97 Å². The molecule has 2 aromatic rings. The van der Waals surface area contributed by atoms with Gasteiger partial charge in [0.2, 0.25) is 0 Å². The van der Waals surface area contributed by atoms with Gasteiger partial charge in [0.15, 0.2) is 0 Å². The van der Waals surface area contributed by atoms with Crippen LogP contribution in [0.25, 0.3) is 17.2 Å². The third kappa shape index (κ3) is 5.68. The average molecular weight is 373 g/mol. The highest BCUT2D eigenvalue weighted by molar-refractivity contribution is 5.87. The first-order valence-electron chi connectivity index (χ1n) is 9.59. The molecule has 0 amide bonds. The van der Waals surface area contributed by atoms with E-state index in [4.69, 9.17) is 5.11 Å². The molecule has 0 aliphatic heterocycles. The number of carboxylic acids is 1. The van der Waals surface area contributed by atoms with Crippen molar-refractivity contribution in [3.05, 3.63) is 102 Å². The van der Waals surface area contributed by atoms with E-state index in [1.54, 1.807) is 6.08 Å². The minimum absolute atomic E-state index is 0.954. The number of allylic oxidation sites excluding steroid dienone is 3. The van der Waals surface area contributed by atoms with Gasteiger partial charge in [-0.2, -0.15) is 0 Å². The Hall–Kier alpha value is -3.13. The van der Waals surface area contributed by atoms with Gasteiger partial charge in [0.1, 0.15) is 0 Å². The smallest absolute Gasteiger partial charge is 0.328 e. The van der Waals surface area contributed by atoms with Crippen LogP contribution in [0.5, 0.6) is 0 Å². The number of benzene rings is 2. The number of aliphatic carboxylic acids is 1. The second-order valence-corrected chi connectivity index (χ2v) is 6.88. The zero-order valence-electron chi connectivity index (χ0n) is 16.7. The van der Waals surface area contributed by atoms with E-state index in [2.05, 4.69) is 50.4 Å². The molecule has 2 heteroatoms. The van der Waals surface area contributed by atoms with Crippen LogP contribution in [0.1, 0.15) is 54.5 Å². The monoisotopic (exact) mass is 372 g/mol. The van der Waals surface area contributed by atoms with Crippen LogP contribution in [0, 0.1) is 0 Å². The van der Waals surface area contributed by atoms with Crippen molar-refractivity contribution < 1.29 is 9.90 Å². The molecule has 0 aliphatic carbocycles. The third-order valence-corrected chi connectivity index (χ3v) is 4.61. The van der Waals surface area contributed by atoms with Gasteiger partial charge in [0.05, 0.1) is 0 Å². The van der Waals surface area contributed by atoms with E-state index >= 15 is 0 Å². The summed E-state index contributed by atoms with van der Waals surface area (Å²) in [7, 11) is 0. The molecule has 0 heterocycles. The third-order valence-electron chi connectivity index (χ3n) is 4.61. The van der Waals surface area contributed by atoms with Crippen LogP contribution in [0.4, 0.5) is 0 Å². The van der Waals surface area contributed by atoms with Crippen LogP contribution < -0.4 is 0 Å². The first-order valence-corrected chi connectivity index (χ1v) is 9.59. The van der Waals surface area contributed by atoms with Crippen molar-refractivity contribution in [2.24, 2.45) is 0 Å². The summed E-state index contributed by atoms with van der Waals surface area (Å²) in [5.41, 5.74) is 7.63. The number of rotatable bonds is 9. The van der Waals surface area contributed by atoms with E-state index in [1.807, 2.05) is 25.1 Å². The molecule has 0 fully saturated rings. The fourth-order valence-corrected chi connectivity index (χ4v) is 3.13. The molecule has 2 aromatic carbocycles. The molecule has 1 N–H and O–H groups in total. The van der Waals surface area contributed by atoms with E-state index in [1.165, 1.54) is 11.6 Å². The van der Waals surface area contributed by atoms with Gasteiger partial charge in [-0.05, 0) is 59.2 Å². The van der Waals surface area contributed by atoms with Crippen molar-refractivity contribution in [1.29, 1.82) is 0 Å². The summed E-state index contributed by atoms with van der Waals surface area (Å²) in [6.07, 6.45) is 9.55. The van der Waals surface area contributed by atoms with Gasteiger partial charge in [-0.1, -0.05) is 86.7 Å². The minimum atomic E-state index is -0.954. The number of aryl methyl sites for hydroxylation is 1. The Morgan fingerprint density at radius 2 is 1.75 bits per heavy atom. The normalized spacial score (nSPS) is 11.2. The maximum absolute atomic E-state index is 10.6. The number of hydrogen-bond donors (Lipinski definition) is 1. The van der Waals surface area contributed by atoms with Gasteiger partial charge < -0.3 is 5.11 Å². The van der Waals surface area contributed by atoms with Crippen molar-refractivity contribution >= 4 is 23.2 Å². The average Bonchev–Trinajstić information content (AvgIpc) is 2.69. The first kappa shape index (κ1) is 21.2. The molecule has 0 aromatic heterocycles. The molecule has 0 saturated heterocycles. The Morgan fingerprint density at radius 1 is 1.04 bits per heavy atom. The fourth-order valence-electron chi connectivity index (χ4n) is 3.13. The van der Waals surface area contributed by atoms with Gasteiger partial charge in [0.25, 0.3) is 0 Å². The highest BCUT2D eigenvalue weighted by Gasteiger charge is 2.12. The molecule has 0 atom stereocenters. The molecule has 0 saturated carbocycles. The van der Waals surface area contributed by atoms with Gasteiger partial charge in [-0.25, -0.2) is 4.79 Å². The Bertz CT molecular complexity index is 929. The maximum atomic E-state index is 10.6. The summed E-state index contributed by atoms with van der Waals surface area (Å²) in [5.74, 6) is -0.954. The Balaban J connectivity index is 2.46. The first-order chi connectivity index (χ1) is 13.4. The van der Waals surface area contributed by atoms with Crippen molar-refractivity contribution in [3.63, 3.8) is 0 Å². The fraction of sp³-hybridized carbons (Fsp3) is 0.192. The Labute approximate surface area is 168 Å². The molecule has 0 radical (unpaired) electrons. The van der Waals surface area contributed by atoms with Crippen LogP contribution >= 0.6 is 0 Å². The lowest BCUT2D eigenvalue weighted by Gasteiger charge is -2.16. The molecule has 0 aliphatic rings. The molecule has 0 spiro atoms. The highest BCUT2D eigenvalue weighted by atomic mass is 16.4. The van der Waals surface area contributed by atoms with Gasteiger partial charge in [0, 0.05) is 6.08 Å². The molecule has 2 rings (SSSR count). The predicted octanol–water partition coefficient (Wildman–Crippen LogP) is 6.78. The SMILES string of the molecule is C=C(C)c1ccccc1C(=C)c1cc(/C=C/C=C/C(=O)O)ccc1CCCC. The summed E-state index contributed by atoms with van der Waals surface area (Å²) in [6.45, 7) is 12.7. The van der Waals surface area contributed by atoms with Crippen LogP contribution in [0.2, 0.25) is 0 Å². The van der Waals surface area contributed by atoms with E-state index in [0.717, 1.165) is 58.7 Å². The molecular weight excluding hydrogens is 344 g/mol. The summed E-state index contributed by atoms with van der Waals surface area (Å²) >= 11 is 0. The summed E-state index contributed by atoms with van der Waals surface area (Å²) in [6, 6.07) is 14.6. The maximum Gasteiger partial charge on any atom is 0.328 e. The van der Waals surface area contributed by atoms with Crippen molar-refractivity contribution in [1.82, 2.24) is 0 Å². The topological polar surface area (TPSA) is 37.3 Å². The Kier molecular flexibility index (Phi) is 7.76.